The second kappa shape index (κ2) is 3.54. The molecule has 1 aliphatic rings. The maximum Gasteiger partial charge on any atom is 0.164 e. The van der Waals surface area contributed by atoms with Gasteiger partial charge in [-0.25, -0.2) is 0 Å². The zero-order valence-electron chi connectivity index (χ0n) is 7.92. The second-order valence-electron chi connectivity index (χ2n) is 4.05. The third-order valence-corrected chi connectivity index (χ3v) is 1.88. The van der Waals surface area contributed by atoms with Crippen LogP contribution in [0.25, 0.3) is 0 Å². The van der Waals surface area contributed by atoms with Gasteiger partial charge >= 0.3 is 0 Å². The van der Waals surface area contributed by atoms with E-state index in [0.29, 0.717) is 19.6 Å². The van der Waals surface area contributed by atoms with Crippen molar-refractivity contribution < 1.29 is 14.3 Å². The Kier molecular flexibility index (Phi) is 2.85. The number of hydrogen-bond donors (Lipinski definition) is 0. The van der Waals surface area contributed by atoms with E-state index < -0.39 is 0 Å². The van der Waals surface area contributed by atoms with E-state index >= 15 is 0 Å². The van der Waals surface area contributed by atoms with Gasteiger partial charge in [-0.3, -0.25) is 4.79 Å². The summed E-state index contributed by atoms with van der Waals surface area (Å²) in [5.41, 5.74) is -0.282. The highest BCUT2D eigenvalue weighted by atomic mass is 16.7. The first kappa shape index (κ1) is 9.68. The van der Waals surface area contributed by atoms with Gasteiger partial charge in [0.1, 0.15) is 5.78 Å². The van der Waals surface area contributed by atoms with Crippen LogP contribution < -0.4 is 0 Å². The molecular formula is C9H16O3. The Morgan fingerprint density at radius 2 is 1.83 bits per heavy atom. The molecule has 1 aliphatic heterocycles. The molecule has 1 saturated heterocycles. The lowest BCUT2D eigenvalue weighted by Crippen LogP contribution is -2.25. The summed E-state index contributed by atoms with van der Waals surface area (Å²) in [6.45, 7) is 6.95. The molecule has 0 aliphatic carbocycles. The topological polar surface area (TPSA) is 35.5 Å². The van der Waals surface area contributed by atoms with Gasteiger partial charge in [0.15, 0.2) is 6.29 Å². The summed E-state index contributed by atoms with van der Waals surface area (Å²) in [6, 6.07) is 0. The lowest BCUT2D eigenvalue weighted by atomic mass is 9.89. The molecule has 0 bridgehead atoms. The zero-order valence-corrected chi connectivity index (χ0v) is 7.92. The third kappa shape index (κ3) is 2.57. The first-order valence-corrected chi connectivity index (χ1v) is 4.26. The Labute approximate surface area is 73.0 Å². The summed E-state index contributed by atoms with van der Waals surface area (Å²) in [6.07, 6.45) is 0.0838. The smallest absolute Gasteiger partial charge is 0.164 e. The van der Waals surface area contributed by atoms with Gasteiger partial charge in [0.2, 0.25) is 0 Å². The Bertz CT molecular complexity index is 163. The highest BCUT2D eigenvalue weighted by molar-refractivity contribution is 5.83. The van der Waals surface area contributed by atoms with E-state index in [1.165, 1.54) is 0 Å². The van der Waals surface area contributed by atoms with E-state index in [0.717, 1.165) is 0 Å². The van der Waals surface area contributed by atoms with Crippen LogP contribution in [0, 0.1) is 5.41 Å². The second-order valence-corrected chi connectivity index (χ2v) is 4.05. The van der Waals surface area contributed by atoms with Gasteiger partial charge in [0.05, 0.1) is 19.6 Å². The van der Waals surface area contributed by atoms with Crippen LogP contribution >= 0.6 is 0 Å². The number of carbonyl (C=O) groups excluding carboxylic acids is 1. The van der Waals surface area contributed by atoms with Crippen molar-refractivity contribution in [3.05, 3.63) is 0 Å². The zero-order chi connectivity index (χ0) is 9.19. The SMILES string of the molecule is CC(C)(C)C(=O)CC1OCCO1. The fraction of sp³-hybridized carbons (Fsp3) is 0.889. The minimum absolute atomic E-state index is 0.189. The van der Waals surface area contributed by atoms with Crippen LogP contribution in [-0.2, 0) is 14.3 Å². The first-order valence-electron chi connectivity index (χ1n) is 4.26. The molecule has 0 aromatic carbocycles. The molecule has 3 nitrogen and oxygen atoms in total. The Morgan fingerprint density at radius 3 is 2.25 bits per heavy atom. The Morgan fingerprint density at radius 1 is 1.33 bits per heavy atom. The van der Waals surface area contributed by atoms with Crippen LogP contribution in [0.4, 0.5) is 0 Å². The van der Waals surface area contributed by atoms with Crippen molar-refractivity contribution in [2.75, 3.05) is 13.2 Å². The van der Waals surface area contributed by atoms with Gasteiger partial charge in [0, 0.05) is 5.41 Å². The van der Waals surface area contributed by atoms with Crippen molar-refractivity contribution in [1.82, 2.24) is 0 Å². The highest BCUT2D eigenvalue weighted by Gasteiger charge is 2.27. The molecule has 0 amide bonds. The summed E-state index contributed by atoms with van der Waals surface area (Å²) in [7, 11) is 0. The molecule has 1 rings (SSSR count). The fourth-order valence-corrected chi connectivity index (χ4v) is 0.983. The van der Waals surface area contributed by atoms with Crippen LogP contribution in [0.5, 0.6) is 0 Å². The molecule has 0 atom stereocenters. The van der Waals surface area contributed by atoms with E-state index in [9.17, 15) is 4.79 Å². The quantitative estimate of drug-likeness (QED) is 0.631. The molecule has 0 radical (unpaired) electrons. The van der Waals surface area contributed by atoms with E-state index in [1.54, 1.807) is 0 Å². The van der Waals surface area contributed by atoms with E-state index in [1.807, 2.05) is 20.8 Å². The monoisotopic (exact) mass is 172 g/mol. The molecule has 12 heavy (non-hydrogen) atoms. The predicted octanol–water partition coefficient (Wildman–Crippen LogP) is 1.36. The summed E-state index contributed by atoms with van der Waals surface area (Å²) < 4.78 is 10.4. The van der Waals surface area contributed by atoms with E-state index in [-0.39, 0.29) is 17.5 Å². The highest BCUT2D eigenvalue weighted by Crippen LogP contribution is 2.20. The van der Waals surface area contributed by atoms with Gasteiger partial charge in [-0.2, -0.15) is 0 Å². The number of rotatable bonds is 2. The summed E-state index contributed by atoms with van der Waals surface area (Å²) >= 11 is 0. The number of hydrogen-bond acceptors (Lipinski definition) is 3. The largest absolute Gasteiger partial charge is 0.350 e. The van der Waals surface area contributed by atoms with Crippen LogP contribution in [0.15, 0.2) is 0 Å². The van der Waals surface area contributed by atoms with Gasteiger partial charge in [0.25, 0.3) is 0 Å². The van der Waals surface area contributed by atoms with Crippen molar-refractivity contribution in [2.24, 2.45) is 5.41 Å². The number of carbonyl (C=O) groups is 1. The van der Waals surface area contributed by atoms with Crippen molar-refractivity contribution in [2.45, 2.75) is 33.5 Å². The lowest BCUT2D eigenvalue weighted by Gasteiger charge is -2.18. The minimum atomic E-state index is -0.295. The number of ether oxygens (including phenoxy) is 2. The molecule has 0 aromatic heterocycles. The van der Waals surface area contributed by atoms with E-state index in [4.69, 9.17) is 9.47 Å². The number of ketones is 1. The normalized spacial score (nSPS) is 19.9. The molecule has 1 fully saturated rings. The Hall–Kier alpha value is -0.410. The maximum absolute atomic E-state index is 11.5. The van der Waals surface area contributed by atoms with Gasteiger partial charge in [-0.05, 0) is 0 Å². The van der Waals surface area contributed by atoms with Crippen LogP contribution in [0.2, 0.25) is 0 Å². The molecule has 0 spiro atoms. The molecule has 70 valence electrons. The van der Waals surface area contributed by atoms with Gasteiger partial charge in [-0.15, -0.1) is 0 Å². The van der Waals surface area contributed by atoms with E-state index in [2.05, 4.69) is 0 Å². The lowest BCUT2D eigenvalue weighted by molar-refractivity contribution is -0.134. The van der Waals surface area contributed by atoms with Crippen LogP contribution in [-0.4, -0.2) is 25.3 Å². The average Bonchev–Trinajstić information content (AvgIpc) is 2.37. The van der Waals surface area contributed by atoms with Gasteiger partial charge < -0.3 is 9.47 Å². The standard InChI is InChI=1S/C9H16O3/c1-9(2,3)7(10)6-8-11-4-5-12-8/h8H,4-6H2,1-3H3. The van der Waals surface area contributed by atoms with Gasteiger partial charge in [-0.1, -0.05) is 20.8 Å². The Balaban J connectivity index is 2.35. The van der Waals surface area contributed by atoms with Crippen molar-refractivity contribution in [3.63, 3.8) is 0 Å². The maximum atomic E-state index is 11.5. The number of Topliss-reactive ketones (excluding diaryl/α,β-unsaturated/α-hetero) is 1. The molecule has 0 aromatic rings. The molecule has 0 saturated carbocycles. The average molecular weight is 172 g/mol. The molecule has 1 heterocycles. The molecule has 0 unspecified atom stereocenters. The van der Waals surface area contributed by atoms with Crippen LogP contribution in [0.3, 0.4) is 0 Å². The predicted molar refractivity (Wildman–Crippen MR) is 44.8 cm³/mol. The molecule has 3 heteroatoms. The third-order valence-electron chi connectivity index (χ3n) is 1.88. The first-order chi connectivity index (χ1) is 5.50. The summed E-state index contributed by atoms with van der Waals surface area (Å²) in [5.74, 6) is 0.189. The van der Waals surface area contributed by atoms with Crippen LogP contribution in [0.1, 0.15) is 27.2 Å². The summed E-state index contributed by atoms with van der Waals surface area (Å²) in [4.78, 5) is 11.5. The summed E-state index contributed by atoms with van der Waals surface area (Å²) in [5, 5.41) is 0. The van der Waals surface area contributed by atoms with Crippen molar-refractivity contribution >= 4 is 5.78 Å². The minimum Gasteiger partial charge on any atom is -0.350 e. The molecule has 0 N–H and O–H groups in total. The molecular weight excluding hydrogens is 156 g/mol. The van der Waals surface area contributed by atoms with Crippen molar-refractivity contribution in [1.29, 1.82) is 0 Å². The fourth-order valence-electron chi connectivity index (χ4n) is 0.983. The van der Waals surface area contributed by atoms with Crippen molar-refractivity contribution in [3.8, 4) is 0 Å².